The Labute approximate surface area is 80.3 Å². The molecule has 0 N–H and O–H groups in total. The van der Waals surface area contributed by atoms with Gasteiger partial charge in [0.25, 0.3) is 0 Å². The molecule has 0 saturated carbocycles. The summed E-state index contributed by atoms with van der Waals surface area (Å²) >= 11 is 1.95. The minimum Gasteiger partial charge on any atom is 0 e. The Kier molecular flexibility index (Phi) is 166. The SMILES string of the molecule is [CH3][Mo].[Cr].[Nb].[Ni]. The summed E-state index contributed by atoms with van der Waals surface area (Å²) in [5, 5.41) is 2.01. The maximum atomic E-state index is 2.01. The fraction of sp³-hybridized carbons (Fsp3) is 1.00. The molecule has 0 aromatic rings. The molecular formula is CH3CrMoNbNi. The van der Waals surface area contributed by atoms with Crippen molar-refractivity contribution in [3.63, 3.8) is 0 Å². The second kappa shape index (κ2) is 31.9. The molecule has 0 saturated heterocycles. The van der Waals surface area contributed by atoms with Gasteiger partial charge < -0.3 is 0 Å². The van der Waals surface area contributed by atoms with Gasteiger partial charge in [0.2, 0.25) is 0 Å². The summed E-state index contributed by atoms with van der Waals surface area (Å²) in [6, 6.07) is 0. The van der Waals surface area contributed by atoms with Gasteiger partial charge in [-0.25, -0.2) is 0 Å². The first-order chi connectivity index (χ1) is 1.00. The number of hydrogen-bond donors (Lipinski definition) is 0. The van der Waals surface area contributed by atoms with Crippen LogP contribution in [0.3, 0.4) is 0 Å². The molecule has 0 bridgehead atoms. The molecule has 0 fully saturated rings. The van der Waals surface area contributed by atoms with Crippen LogP contribution in [0.2, 0.25) is 5.31 Å². The van der Waals surface area contributed by atoms with Gasteiger partial charge in [-0.1, -0.05) is 0 Å². The zero-order valence-corrected chi connectivity index (χ0v) is 9.05. The first kappa shape index (κ1) is 26.0. The molecule has 0 aliphatic rings. The molecular weight excluding hydrogens is 312 g/mol. The largest absolute Gasteiger partial charge is 0 e. The molecule has 5 heavy (non-hydrogen) atoms. The van der Waals surface area contributed by atoms with Crippen LogP contribution in [0.1, 0.15) is 0 Å². The van der Waals surface area contributed by atoms with Crippen molar-refractivity contribution < 1.29 is 76.0 Å². The summed E-state index contributed by atoms with van der Waals surface area (Å²) in [5.74, 6) is 0. The molecule has 0 aromatic carbocycles. The third-order valence-electron chi connectivity index (χ3n) is 0. The molecule has 0 rings (SSSR count). The van der Waals surface area contributed by atoms with Crippen molar-refractivity contribution in [3.05, 3.63) is 0 Å². The first-order valence-electron chi connectivity index (χ1n) is 0.408. The van der Waals surface area contributed by atoms with Crippen molar-refractivity contribution in [1.29, 1.82) is 0 Å². The Bertz CT molecular complexity index is 11.6. The van der Waals surface area contributed by atoms with Crippen LogP contribution in [0, 0.1) is 0 Å². The van der Waals surface area contributed by atoms with E-state index in [9.17, 15) is 0 Å². The van der Waals surface area contributed by atoms with E-state index in [2.05, 4.69) is 0 Å². The molecule has 0 aliphatic carbocycles. The minimum absolute atomic E-state index is 0. The van der Waals surface area contributed by atoms with Gasteiger partial charge >= 0.3 is 25.1 Å². The Morgan fingerprint density at radius 1 is 1.20 bits per heavy atom. The van der Waals surface area contributed by atoms with E-state index < -0.39 is 0 Å². The summed E-state index contributed by atoms with van der Waals surface area (Å²) in [6.45, 7) is 0. The molecule has 0 amide bonds. The zero-order chi connectivity index (χ0) is 2.00. The van der Waals surface area contributed by atoms with Gasteiger partial charge in [0.05, 0.1) is 0 Å². The van der Waals surface area contributed by atoms with Crippen LogP contribution in [0.25, 0.3) is 0 Å². The fourth-order valence-electron chi connectivity index (χ4n) is 0. The molecule has 0 heterocycles. The summed E-state index contributed by atoms with van der Waals surface area (Å²) < 4.78 is 0. The standard InChI is InChI=1S/CH3.Cr.Mo.Nb.Ni/h1H3;;;;. The second-order valence-corrected chi connectivity index (χ2v) is 0. The molecule has 0 aromatic heterocycles. The van der Waals surface area contributed by atoms with Crippen molar-refractivity contribution in [2.75, 3.05) is 0 Å². The Balaban J connectivity index is -0.00000000167. The van der Waals surface area contributed by atoms with E-state index in [4.69, 9.17) is 0 Å². The number of hydrogen-bond acceptors (Lipinski definition) is 0. The van der Waals surface area contributed by atoms with E-state index in [1.165, 1.54) is 0 Å². The Morgan fingerprint density at radius 2 is 1.20 bits per heavy atom. The molecule has 0 unspecified atom stereocenters. The van der Waals surface area contributed by atoms with Gasteiger partial charge in [0, 0.05) is 56.2 Å². The van der Waals surface area contributed by atoms with Crippen LogP contribution < -0.4 is 0 Å². The molecule has 34 valence electrons. The maximum absolute atomic E-state index is 2.01. The molecule has 1 radical (unpaired) electrons. The Morgan fingerprint density at radius 3 is 1.20 bits per heavy atom. The molecule has 0 atom stereocenters. The van der Waals surface area contributed by atoms with Gasteiger partial charge in [-0.15, -0.1) is 0 Å². The van der Waals surface area contributed by atoms with E-state index in [-0.39, 0.29) is 56.2 Å². The topological polar surface area (TPSA) is 0 Å². The first-order valence-corrected chi connectivity index (χ1v) is 2.42. The minimum atomic E-state index is 0. The van der Waals surface area contributed by atoms with Crippen molar-refractivity contribution in [3.8, 4) is 0 Å². The van der Waals surface area contributed by atoms with Crippen LogP contribution in [-0.4, -0.2) is 0 Å². The monoisotopic (exact) mass is 316 g/mol. The van der Waals surface area contributed by atoms with Crippen LogP contribution >= 0.6 is 0 Å². The zero-order valence-electron chi connectivity index (χ0n) is 2.58. The normalized spacial score (nSPS) is 1.00. The predicted octanol–water partition coefficient (Wildman–Crippen LogP) is 0.574. The fourth-order valence-corrected chi connectivity index (χ4v) is 0. The summed E-state index contributed by atoms with van der Waals surface area (Å²) in [4.78, 5) is 0. The van der Waals surface area contributed by atoms with E-state index >= 15 is 0 Å². The average Bonchev–Trinajstić information content (AvgIpc) is 1.00. The molecule has 0 spiro atoms. The van der Waals surface area contributed by atoms with Crippen LogP contribution in [0.5, 0.6) is 0 Å². The van der Waals surface area contributed by atoms with E-state index in [0.29, 0.717) is 0 Å². The summed E-state index contributed by atoms with van der Waals surface area (Å²) in [7, 11) is 0. The van der Waals surface area contributed by atoms with E-state index in [1.807, 2.05) is 25.1 Å². The third-order valence-corrected chi connectivity index (χ3v) is 0. The molecule has 4 heteroatoms. The van der Waals surface area contributed by atoms with Crippen molar-refractivity contribution in [1.82, 2.24) is 0 Å². The van der Waals surface area contributed by atoms with Crippen LogP contribution in [-0.2, 0) is 76.0 Å². The van der Waals surface area contributed by atoms with Gasteiger partial charge in [-0.05, 0) is 0 Å². The van der Waals surface area contributed by atoms with Gasteiger partial charge in [-0.3, -0.25) is 0 Å². The van der Waals surface area contributed by atoms with Crippen LogP contribution in [0.4, 0.5) is 0 Å². The van der Waals surface area contributed by atoms with Gasteiger partial charge in [-0.2, -0.15) is 0 Å². The van der Waals surface area contributed by atoms with E-state index in [1.54, 1.807) is 0 Å². The summed E-state index contributed by atoms with van der Waals surface area (Å²) in [6.07, 6.45) is 0. The number of rotatable bonds is 0. The quantitative estimate of drug-likeness (QED) is 0.574. The summed E-state index contributed by atoms with van der Waals surface area (Å²) in [5.41, 5.74) is 0. The van der Waals surface area contributed by atoms with Crippen molar-refractivity contribution in [2.45, 2.75) is 5.31 Å². The average molecular weight is 315 g/mol. The smallest absolute Gasteiger partial charge is 0 e. The predicted molar refractivity (Wildman–Crippen MR) is 5.86 cm³/mol. The maximum Gasteiger partial charge on any atom is 0 e. The second-order valence-electron chi connectivity index (χ2n) is 0. The van der Waals surface area contributed by atoms with Crippen molar-refractivity contribution >= 4 is 0 Å². The molecule has 0 nitrogen and oxygen atoms in total. The van der Waals surface area contributed by atoms with Crippen molar-refractivity contribution in [2.24, 2.45) is 0 Å². The Hall–Kier alpha value is 2.45. The molecule has 0 aliphatic heterocycles. The van der Waals surface area contributed by atoms with Gasteiger partial charge in [0.1, 0.15) is 0 Å². The third kappa shape index (κ3) is 21.3. The van der Waals surface area contributed by atoms with Gasteiger partial charge in [0.15, 0.2) is 0 Å². The van der Waals surface area contributed by atoms with Crippen LogP contribution in [0.15, 0.2) is 0 Å². The van der Waals surface area contributed by atoms with E-state index in [0.717, 1.165) is 0 Å².